The number of imidazole rings is 1. The largest absolute Gasteiger partial charge is 0.378 e. The third-order valence-electron chi connectivity index (χ3n) is 7.58. The smallest absolute Gasteiger partial charge is 0.338 e. The van der Waals surface area contributed by atoms with Gasteiger partial charge in [0.1, 0.15) is 11.6 Å². The molecule has 0 radical (unpaired) electrons. The summed E-state index contributed by atoms with van der Waals surface area (Å²) >= 11 is 6.76. The van der Waals surface area contributed by atoms with E-state index in [0.29, 0.717) is 53.0 Å². The fraction of sp³-hybridized carbons (Fsp3) is 0.296. The SMILES string of the molecule is Cc1cc(-n2nc3c(c2-n2ccn(-c4ccc5c(cnn5C)c4Cl)c2=O)[C@@H]2COC[C@H](C3)N2)cc(C)c1F. The van der Waals surface area contributed by atoms with Gasteiger partial charge < -0.3 is 10.1 Å². The highest BCUT2D eigenvalue weighted by atomic mass is 35.5. The van der Waals surface area contributed by atoms with Gasteiger partial charge in [-0.1, -0.05) is 11.6 Å². The maximum atomic E-state index is 14.5. The zero-order valence-corrected chi connectivity index (χ0v) is 21.8. The van der Waals surface area contributed by atoms with E-state index >= 15 is 0 Å². The second-order valence-corrected chi connectivity index (χ2v) is 10.4. The molecule has 38 heavy (non-hydrogen) atoms. The monoisotopic (exact) mass is 533 g/mol. The lowest BCUT2D eigenvalue weighted by atomic mass is 9.94. The molecule has 7 rings (SSSR count). The van der Waals surface area contributed by atoms with Gasteiger partial charge in [0.2, 0.25) is 0 Å². The van der Waals surface area contributed by atoms with E-state index in [-0.39, 0.29) is 23.6 Å². The Bertz CT molecular complexity index is 1790. The van der Waals surface area contributed by atoms with Crippen LogP contribution < -0.4 is 11.0 Å². The minimum Gasteiger partial charge on any atom is -0.378 e. The van der Waals surface area contributed by atoms with Crippen molar-refractivity contribution in [1.82, 2.24) is 34.0 Å². The zero-order valence-electron chi connectivity index (χ0n) is 21.1. The summed E-state index contributed by atoms with van der Waals surface area (Å²) in [5, 5.41) is 14.1. The summed E-state index contributed by atoms with van der Waals surface area (Å²) in [6.07, 6.45) is 5.79. The molecule has 1 saturated heterocycles. The summed E-state index contributed by atoms with van der Waals surface area (Å²) in [5.41, 5.74) is 4.67. The first-order valence-electron chi connectivity index (χ1n) is 12.5. The number of fused-ring (bicyclic) bond motifs is 5. The highest BCUT2D eigenvalue weighted by Gasteiger charge is 2.37. The fourth-order valence-electron chi connectivity index (χ4n) is 5.75. The van der Waals surface area contributed by atoms with Crippen LogP contribution in [0.5, 0.6) is 0 Å². The van der Waals surface area contributed by atoms with E-state index in [2.05, 4.69) is 10.4 Å². The molecule has 0 spiro atoms. The number of nitrogens with zero attached hydrogens (tertiary/aromatic N) is 6. The molecule has 1 N–H and O–H groups in total. The Morgan fingerprint density at radius 2 is 1.89 bits per heavy atom. The fourth-order valence-corrected chi connectivity index (χ4v) is 6.05. The van der Waals surface area contributed by atoms with Crippen molar-refractivity contribution in [3.8, 4) is 17.2 Å². The lowest BCUT2D eigenvalue weighted by Gasteiger charge is -2.35. The number of morpholine rings is 1. The summed E-state index contributed by atoms with van der Waals surface area (Å²) in [4.78, 5) is 14.0. The van der Waals surface area contributed by atoms with Gasteiger partial charge in [-0.25, -0.2) is 13.9 Å². The molecule has 5 aromatic rings. The molecule has 2 aliphatic rings. The molecule has 2 aromatic carbocycles. The first-order valence-corrected chi connectivity index (χ1v) is 12.8. The maximum Gasteiger partial charge on any atom is 0.338 e. The van der Waals surface area contributed by atoms with Crippen LogP contribution in [0.4, 0.5) is 4.39 Å². The van der Waals surface area contributed by atoms with Gasteiger partial charge in [0.25, 0.3) is 0 Å². The van der Waals surface area contributed by atoms with Gasteiger partial charge in [0, 0.05) is 42.9 Å². The molecule has 0 unspecified atom stereocenters. The second-order valence-electron chi connectivity index (χ2n) is 10.1. The van der Waals surface area contributed by atoms with Gasteiger partial charge in [-0.15, -0.1) is 0 Å². The number of halogens is 2. The molecule has 5 heterocycles. The number of rotatable bonds is 3. The lowest BCUT2D eigenvalue weighted by Crippen LogP contribution is -2.48. The molecule has 0 aliphatic carbocycles. The molecule has 2 aliphatic heterocycles. The maximum absolute atomic E-state index is 14.5. The van der Waals surface area contributed by atoms with Crippen molar-refractivity contribution >= 4 is 22.5 Å². The van der Waals surface area contributed by atoms with E-state index < -0.39 is 0 Å². The average molecular weight is 534 g/mol. The van der Waals surface area contributed by atoms with Crippen molar-refractivity contribution in [3.63, 3.8) is 0 Å². The number of hydrogen-bond acceptors (Lipinski definition) is 5. The number of ether oxygens (including phenoxy) is 1. The first-order chi connectivity index (χ1) is 18.3. The molecule has 0 amide bonds. The van der Waals surface area contributed by atoms with E-state index in [1.807, 2.05) is 19.2 Å². The third-order valence-corrected chi connectivity index (χ3v) is 7.97. The minimum atomic E-state index is -0.298. The van der Waals surface area contributed by atoms with E-state index in [4.69, 9.17) is 21.4 Å². The summed E-state index contributed by atoms with van der Waals surface area (Å²) in [6.45, 7) is 4.55. The van der Waals surface area contributed by atoms with Gasteiger partial charge in [0.05, 0.1) is 53.1 Å². The Morgan fingerprint density at radius 1 is 1.13 bits per heavy atom. The number of benzene rings is 2. The first kappa shape index (κ1) is 23.4. The highest BCUT2D eigenvalue weighted by Crippen LogP contribution is 2.35. The van der Waals surface area contributed by atoms with Crippen LogP contribution in [0.3, 0.4) is 0 Å². The van der Waals surface area contributed by atoms with Crippen LogP contribution in [0.15, 0.2) is 47.7 Å². The topological polar surface area (TPSA) is 83.8 Å². The molecule has 2 bridgehead atoms. The van der Waals surface area contributed by atoms with Gasteiger partial charge in [0.15, 0.2) is 0 Å². The van der Waals surface area contributed by atoms with Crippen molar-refractivity contribution in [1.29, 1.82) is 0 Å². The van der Waals surface area contributed by atoms with Crippen LogP contribution in [0.2, 0.25) is 5.02 Å². The number of aryl methyl sites for hydroxylation is 3. The zero-order chi connectivity index (χ0) is 26.3. The summed E-state index contributed by atoms with van der Waals surface area (Å²) < 4.78 is 27.0. The molecule has 3 aromatic heterocycles. The van der Waals surface area contributed by atoms with Gasteiger partial charge >= 0.3 is 5.69 Å². The quantitative estimate of drug-likeness (QED) is 0.382. The van der Waals surface area contributed by atoms with Crippen LogP contribution >= 0.6 is 11.6 Å². The number of nitrogens with one attached hydrogen (secondary N) is 1. The normalized spacial score (nSPS) is 18.8. The van der Waals surface area contributed by atoms with E-state index in [1.165, 1.54) is 4.57 Å². The second kappa shape index (κ2) is 8.39. The Morgan fingerprint density at radius 3 is 2.68 bits per heavy atom. The van der Waals surface area contributed by atoms with E-state index in [9.17, 15) is 9.18 Å². The minimum absolute atomic E-state index is 0.116. The van der Waals surface area contributed by atoms with Crippen molar-refractivity contribution < 1.29 is 9.13 Å². The number of hydrogen-bond donors (Lipinski definition) is 1. The molecule has 11 heteroatoms. The van der Waals surface area contributed by atoms with Crippen LogP contribution in [0, 0.1) is 19.7 Å². The van der Waals surface area contributed by atoms with E-state index in [0.717, 1.165) is 22.2 Å². The summed E-state index contributed by atoms with van der Waals surface area (Å²) in [6, 6.07) is 7.27. The molecule has 1 fully saturated rings. The highest BCUT2D eigenvalue weighted by molar-refractivity contribution is 6.37. The average Bonchev–Trinajstić information content (AvgIpc) is 3.58. The Balaban J connectivity index is 1.46. The van der Waals surface area contributed by atoms with Gasteiger partial charge in [-0.3, -0.25) is 13.8 Å². The van der Waals surface area contributed by atoms with Crippen LogP contribution in [0.25, 0.3) is 28.1 Å². The number of aromatic nitrogens is 6. The van der Waals surface area contributed by atoms with Crippen molar-refractivity contribution in [2.45, 2.75) is 32.4 Å². The van der Waals surface area contributed by atoms with Crippen LogP contribution in [-0.2, 0) is 18.2 Å². The molecular formula is C27H25ClFN7O2. The standard InChI is InChI=1S/C27H25ClFN7O2/c1-14-8-17(9-15(2)25(14)29)36-26(23-19(32-36)10-16-12-38-13-20(23)31-16)35-7-6-34(27(35)37)22-5-4-21-18(24(22)28)11-30-33(21)3/h4-9,11,16,20,31H,10,12-13H2,1-3H3/t16-,20-/m0/s1. The Hall–Kier alpha value is -3.73. The van der Waals surface area contributed by atoms with Crippen LogP contribution in [-0.4, -0.2) is 48.0 Å². The molecule has 9 nitrogen and oxygen atoms in total. The van der Waals surface area contributed by atoms with Gasteiger partial charge in [-0.2, -0.15) is 10.2 Å². The van der Waals surface area contributed by atoms with Gasteiger partial charge in [-0.05, 0) is 49.2 Å². The molecule has 194 valence electrons. The Labute approximate surface area is 222 Å². The van der Waals surface area contributed by atoms with E-state index in [1.54, 1.807) is 58.5 Å². The molecule has 2 atom stereocenters. The predicted molar refractivity (Wildman–Crippen MR) is 141 cm³/mol. The molecular weight excluding hydrogens is 509 g/mol. The molecule has 0 saturated carbocycles. The summed E-state index contributed by atoms with van der Waals surface area (Å²) in [5.74, 6) is 0.357. The van der Waals surface area contributed by atoms with Crippen molar-refractivity contribution in [2.75, 3.05) is 13.2 Å². The van der Waals surface area contributed by atoms with Crippen LogP contribution in [0.1, 0.15) is 28.4 Å². The summed E-state index contributed by atoms with van der Waals surface area (Å²) in [7, 11) is 1.84. The lowest BCUT2D eigenvalue weighted by molar-refractivity contribution is 0.0384. The van der Waals surface area contributed by atoms with Crippen molar-refractivity contribution in [3.05, 3.63) is 86.6 Å². The predicted octanol–water partition coefficient (Wildman–Crippen LogP) is 3.70. The Kier molecular flexibility index (Phi) is 5.16. The van der Waals surface area contributed by atoms with Crippen molar-refractivity contribution in [2.24, 2.45) is 7.05 Å². The third kappa shape index (κ3) is 3.34.